The number of hydrogen-bond donors (Lipinski definition) is 1. The van der Waals surface area contributed by atoms with Crippen LogP contribution in [-0.2, 0) is 4.74 Å². The van der Waals surface area contributed by atoms with E-state index in [0.717, 1.165) is 5.56 Å². The highest BCUT2D eigenvalue weighted by Crippen LogP contribution is 2.27. The van der Waals surface area contributed by atoms with Crippen LogP contribution >= 0.6 is 15.9 Å². The van der Waals surface area contributed by atoms with Crippen molar-refractivity contribution in [2.24, 2.45) is 0 Å². The number of phenols is 1. The van der Waals surface area contributed by atoms with Crippen LogP contribution in [0.1, 0.15) is 18.6 Å². The smallest absolute Gasteiger partial charge is 0.129 e. The molecule has 1 rings (SSSR count). The van der Waals surface area contributed by atoms with Gasteiger partial charge < -0.3 is 9.84 Å². The third-order valence-electron chi connectivity index (χ3n) is 1.79. The van der Waals surface area contributed by atoms with E-state index in [1.54, 1.807) is 13.2 Å². The van der Waals surface area contributed by atoms with E-state index in [1.165, 1.54) is 0 Å². The summed E-state index contributed by atoms with van der Waals surface area (Å²) in [7, 11) is 1.66. The Morgan fingerprint density at radius 1 is 1.50 bits per heavy atom. The van der Waals surface area contributed by atoms with Crippen molar-refractivity contribution in [3.05, 3.63) is 28.2 Å². The average Bonchev–Trinajstić information content (AvgIpc) is 2.08. The van der Waals surface area contributed by atoms with Crippen LogP contribution in [0, 0.1) is 0 Å². The molecule has 0 bridgehead atoms. The molecule has 1 unspecified atom stereocenters. The predicted octanol–water partition coefficient (Wildman–Crippen LogP) is 2.86. The molecule has 66 valence electrons. The van der Waals surface area contributed by atoms with Gasteiger partial charge in [-0.2, -0.15) is 0 Å². The zero-order valence-electron chi connectivity index (χ0n) is 7.04. The Morgan fingerprint density at radius 3 is 2.67 bits per heavy atom. The van der Waals surface area contributed by atoms with Crippen LogP contribution in [0.4, 0.5) is 0 Å². The average molecular weight is 231 g/mol. The van der Waals surface area contributed by atoms with Crippen molar-refractivity contribution >= 4 is 15.9 Å². The summed E-state index contributed by atoms with van der Waals surface area (Å²) in [6, 6.07) is 5.34. The molecule has 1 aromatic carbocycles. The van der Waals surface area contributed by atoms with E-state index in [0.29, 0.717) is 4.47 Å². The van der Waals surface area contributed by atoms with Gasteiger partial charge in [-0.25, -0.2) is 0 Å². The molecule has 3 heteroatoms. The molecule has 0 aliphatic rings. The predicted molar refractivity (Wildman–Crippen MR) is 51.2 cm³/mol. The first-order chi connectivity index (χ1) is 5.65. The number of rotatable bonds is 2. The summed E-state index contributed by atoms with van der Waals surface area (Å²) in [5, 5.41) is 9.21. The zero-order chi connectivity index (χ0) is 9.14. The minimum atomic E-state index is 0.0573. The Hall–Kier alpha value is -0.540. The molecule has 1 N–H and O–H groups in total. The standard InChI is InChI=1S/C9H11BrO2/c1-6(12-2)7-3-4-9(11)8(10)5-7/h3-6,11H,1-2H3. The van der Waals surface area contributed by atoms with Gasteiger partial charge in [0.05, 0.1) is 10.6 Å². The van der Waals surface area contributed by atoms with Gasteiger partial charge in [0.1, 0.15) is 5.75 Å². The second kappa shape index (κ2) is 3.92. The van der Waals surface area contributed by atoms with Crippen LogP contribution in [0.2, 0.25) is 0 Å². The lowest BCUT2D eigenvalue weighted by atomic mass is 10.1. The first kappa shape index (κ1) is 9.55. The van der Waals surface area contributed by atoms with Gasteiger partial charge in [-0.1, -0.05) is 6.07 Å². The third-order valence-corrected chi connectivity index (χ3v) is 2.43. The van der Waals surface area contributed by atoms with Gasteiger partial charge in [0.15, 0.2) is 0 Å². The molecular weight excluding hydrogens is 220 g/mol. The molecule has 0 radical (unpaired) electrons. The van der Waals surface area contributed by atoms with Crippen LogP contribution in [0.3, 0.4) is 0 Å². The van der Waals surface area contributed by atoms with Gasteiger partial charge in [0, 0.05) is 7.11 Å². The van der Waals surface area contributed by atoms with Gasteiger partial charge in [-0.15, -0.1) is 0 Å². The Morgan fingerprint density at radius 2 is 2.17 bits per heavy atom. The van der Waals surface area contributed by atoms with Gasteiger partial charge in [0.2, 0.25) is 0 Å². The van der Waals surface area contributed by atoms with E-state index in [1.807, 2.05) is 19.1 Å². The second-order valence-electron chi connectivity index (χ2n) is 2.59. The fraction of sp³-hybridized carbons (Fsp3) is 0.333. The van der Waals surface area contributed by atoms with Gasteiger partial charge in [0.25, 0.3) is 0 Å². The quantitative estimate of drug-likeness (QED) is 0.847. The molecule has 0 aliphatic carbocycles. The first-order valence-corrected chi connectivity index (χ1v) is 4.45. The van der Waals surface area contributed by atoms with Gasteiger partial charge >= 0.3 is 0 Å². The second-order valence-corrected chi connectivity index (χ2v) is 3.44. The van der Waals surface area contributed by atoms with E-state index in [-0.39, 0.29) is 11.9 Å². The summed E-state index contributed by atoms with van der Waals surface area (Å²) in [5.41, 5.74) is 1.04. The summed E-state index contributed by atoms with van der Waals surface area (Å²) < 4.78 is 5.83. The molecule has 12 heavy (non-hydrogen) atoms. The molecule has 2 nitrogen and oxygen atoms in total. The number of phenolic OH excluding ortho intramolecular Hbond substituents is 1. The summed E-state index contributed by atoms with van der Waals surface area (Å²) in [4.78, 5) is 0. The fourth-order valence-electron chi connectivity index (χ4n) is 0.912. The number of halogens is 1. The Balaban J connectivity index is 2.96. The Kier molecular flexibility index (Phi) is 3.12. The number of methoxy groups -OCH3 is 1. The van der Waals surface area contributed by atoms with Crippen LogP contribution in [-0.4, -0.2) is 12.2 Å². The van der Waals surface area contributed by atoms with E-state index in [4.69, 9.17) is 4.74 Å². The molecule has 0 fully saturated rings. The van der Waals surface area contributed by atoms with E-state index < -0.39 is 0 Å². The summed E-state index contributed by atoms with van der Waals surface area (Å²) >= 11 is 3.24. The maximum Gasteiger partial charge on any atom is 0.129 e. The van der Waals surface area contributed by atoms with E-state index >= 15 is 0 Å². The van der Waals surface area contributed by atoms with Crippen molar-refractivity contribution in [2.45, 2.75) is 13.0 Å². The van der Waals surface area contributed by atoms with Crippen LogP contribution in [0.25, 0.3) is 0 Å². The molecule has 1 aromatic rings. The SMILES string of the molecule is COC(C)c1ccc(O)c(Br)c1. The normalized spacial score (nSPS) is 12.9. The van der Waals surface area contributed by atoms with E-state index in [2.05, 4.69) is 15.9 Å². The molecule has 1 atom stereocenters. The molecular formula is C9H11BrO2. The maximum atomic E-state index is 9.21. The fourth-order valence-corrected chi connectivity index (χ4v) is 1.31. The summed E-state index contributed by atoms with van der Waals surface area (Å²) in [5.74, 6) is 0.252. The monoisotopic (exact) mass is 230 g/mol. The molecule has 0 aromatic heterocycles. The van der Waals surface area contributed by atoms with Gasteiger partial charge in [-0.3, -0.25) is 0 Å². The molecule has 0 saturated carbocycles. The van der Waals surface area contributed by atoms with Crippen molar-refractivity contribution in [1.29, 1.82) is 0 Å². The van der Waals surface area contributed by atoms with Crippen molar-refractivity contribution in [3.8, 4) is 5.75 Å². The number of ether oxygens (including phenoxy) is 1. The number of hydrogen-bond acceptors (Lipinski definition) is 2. The lowest BCUT2D eigenvalue weighted by Crippen LogP contribution is -1.94. The first-order valence-electron chi connectivity index (χ1n) is 3.66. The topological polar surface area (TPSA) is 29.5 Å². The maximum absolute atomic E-state index is 9.21. The lowest BCUT2D eigenvalue weighted by Gasteiger charge is -2.10. The third kappa shape index (κ3) is 1.99. The minimum absolute atomic E-state index is 0.0573. The van der Waals surface area contributed by atoms with Crippen molar-refractivity contribution in [3.63, 3.8) is 0 Å². The molecule has 0 aliphatic heterocycles. The largest absolute Gasteiger partial charge is 0.507 e. The molecule has 0 spiro atoms. The van der Waals surface area contributed by atoms with E-state index in [9.17, 15) is 5.11 Å². The molecule has 0 amide bonds. The van der Waals surface area contributed by atoms with Crippen molar-refractivity contribution in [2.75, 3.05) is 7.11 Å². The Labute approximate surface area is 80.3 Å². The highest BCUT2D eigenvalue weighted by Gasteiger charge is 2.05. The van der Waals surface area contributed by atoms with Gasteiger partial charge in [-0.05, 0) is 40.5 Å². The summed E-state index contributed by atoms with van der Waals surface area (Å²) in [6.07, 6.45) is 0.0573. The zero-order valence-corrected chi connectivity index (χ0v) is 8.63. The highest BCUT2D eigenvalue weighted by atomic mass is 79.9. The highest BCUT2D eigenvalue weighted by molar-refractivity contribution is 9.10. The summed E-state index contributed by atoms with van der Waals surface area (Å²) in [6.45, 7) is 1.96. The minimum Gasteiger partial charge on any atom is -0.507 e. The number of aromatic hydroxyl groups is 1. The molecule has 0 heterocycles. The number of benzene rings is 1. The lowest BCUT2D eigenvalue weighted by molar-refractivity contribution is 0.119. The van der Waals surface area contributed by atoms with Crippen LogP contribution in [0.15, 0.2) is 22.7 Å². The van der Waals surface area contributed by atoms with Crippen LogP contribution < -0.4 is 0 Å². The molecule has 0 saturated heterocycles. The Bertz CT molecular complexity index is 273. The van der Waals surface area contributed by atoms with Crippen molar-refractivity contribution < 1.29 is 9.84 Å². The van der Waals surface area contributed by atoms with Crippen molar-refractivity contribution in [1.82, 2.24) is 0 Å². The van der Waals surface area contributed by atoms with Crippen LogP contribution in [0.5, 0.6) is 5.75 Å².